The number of nitriles is 1. The highest BCUT2D eigenvalue weighted by molar-refractivity contribution is 5.16. The number of benzene rings is 1. The van der Waals surface area contributed by atoms with Crippen LogP contribution in [0.15, 0.2) is 24.3 Å². The second-order valence-corrected chi connectivity index (χ2v) is 4.67. The normalized spacial score (nSPS) is 19.8. The Bertz CT molecular complexity index is 413. The Morgan fingerprint density at radius 1 is 1.29 bits per heavy atom. The van der Waals surface area contributed by atoms with Gasteiger partial charge in [0.15, 0.2) is 0 Å². The molecule has 1 fully saturated rings. The van der Waals surface area contributed by atoms with Crippen LogP contribution in [0, 0.1) is 17.1 Å². The molecule has 1 heterocycles. The number of hydrogen-bond acceptors (Lipinski definition) is 3. The first-order chi connectivity index (χ1) is 8.11. The van der Waals surface area contributed by atoms with Gasteiger partial charge < -0.3 is 5.73 Å². The molecule has 0 spiro atoms. The third-order valence-electron chi connectivity index (χ3n) is 3.29. The maximum absolute atomic E-state index is 12.7. The average molecular weight is 233 g/mol. The average Bonchev–Trinajstić information content (AvgIpc) is 2.35. The van der Waals surface area contributed by atoms with Crippen molar-refractivity contribution in [2.24, 2.45) is 5.73 Å². The number of likely N-dealkylation sites (tertiary alicyclic amines) is 1. The van der Waals surface area contributed by atoms with E-state index in [-0.39, 0.29) is 5.82 Å². The van der Waals surface area contributed by atoms with E-state index in [2.05, 4.69) is 11.0 Å². The fourth-order valence-corrected chi connectivity index (χ4v) is 2.07. The molecule has 0 amide bonds. The molecule has 3 nitrogen and oxygen atoms in total. The summed E-state index contributed by atoms with van der Waals surface area (Å²) in [5.74, 6) is -0.210. The van der Waals surface area contributed by atoms with Crippen molar-refractivity contribution in [2.45, 2.75) is 24.9 Å². The summed E-state index contributed by atoms with van der Waals surface area (Å²) >= 11 is 0. The van der Waals surface area contributed by atoms with E-state index in [0.717, 1.165) is 25.2 Å². The lowest BCUT2D eigenvalue weighted by molar-refractivity contribution is 0.181. The molecule has 90 valence electrons. The van der Waals surface area contributed by atoms with Crippen molar-refractivity contribution < 1.29 is 4.39 Å². The monoisotopic (exact) mass is 233 g/mol. The van der Waals surface area contributed by atoms with Gasteiger partial charge in [-0.15, -0.1) is 0 Å². The topological polar surface area (TPSA) is 53.1 Å². The minimum Gasteiger partial charge on any atom is -0.313 e. The SMILES string of the molecule is N#CC1(N)CCN(Cc2ccc(F)cc2)CC1. The molecule has 0 atom stereocenters. The maximum atomic E-state index is 12.7. The van der Waals surface area contributed by atoms with Gasteiger partial charge in [-0.05, 0) is 30.5 Å². The largest absolute Gasteiger partial charge is 0.313 e. The first-order valence-corrected chi connectivity index (χ1v) is 5.78. The first-order valence-electron chi connectivity index (χ1n) is 5.78. The zero-order valence-corrected chi connectivity index (χ0v) is 9.69. The summed E-state index contributed by atoms with van der Waals surface area (Å²) in [5, 5.41) is 8.92. The standard InChI is InChI=1S/C13H16FN3/c14-12-3-1-11(2-4-12)9-17-7-5-13(16,10-15)6-8-17/h1-4H,5-9,16H2. The van der Waals surface area contributed by atoms with E-state index in [1.165, 1.54) is 12.1 Å². The van der Waals surface area contributed by atoms with E-state index in [9.17, 15) is 4.39 Å². The Morgan fingerprint density at radius 3 is 2.41 bits per heavy atom. The van der Waals surface area contributed by atoms with Crippen molar-refractivity contribution in [3.8, 4) is 6.07 Å². The molecule has 1 aliphatic heterocycles. The number of nitrogens with zero attached hydrogens (tertiary/aromatic N) is 2. The summed E-state index contributed by atoms with van der Waals surface area (Å²) in [6, 6.07) is 8.71. The van der Waals surface area contributed by atoms with Gasteiger partial charge in [0.1, 0.15) is 11.4 Å². The van der Waals surface area contributed by atoms with Gasteiger partial charge in [-0.3, -0.25) is 4.90 Å². The smallest absolute Gasteiger partial charge is 0.123 e. The highest BCUT2D eigenvalue weighted by Crippen LogP contribution is 2.20. The lowest BCUT2D eigenvalue weighted by Gasteiger charge is -2.34. The Morgan fingerprint density at radius 2 is 1.88 bits per heavy atom. The van der Waals surface area contributed by atoms with Crippen LogP contribution in [0.5, 0.6) is 0 Å². The van der Waals surface area contributed by atoms with E-state index < -0.39 is 5.54 Å². The highest BCUT2D eigenvalue weighted by Gasteiger charge is 2.30. The van der Waals surface area contributed by atoms with Gasteiger partial charge in [-0.25, -0.2) is 4.39 Å². The summed E-state index contributed by atoms with van der Waals surface area (Å²) < 4.78 is 12.7. The van der Waals surface area contributed by atoms with Gasteiger partial charge in [0, 0.05) is 19.6 Å². The summed E-state index contributed by atoms with van der Waals surface area (Å²) in [6.07, 6.45) is 1.40. The molecule has 0 aromatic heterocycles. The van der Waals surface area contributed by atoms with Gasteiger partial charge in [-0.1, -0.05) is 12.1 Å². The third-order valence-corrected chi connectivity index (χ3v) is 3.29. The number of piperidine rings is 1. The van der Waals surface area contributed by atoms with Crippen molar-refractivity contribution in [3.05, 3.63) is 35.6 Å². The van der Waals surface area contributed by atoms with Crippen LogP contribution >= 0.6 is 0 Å². The van der Waals surface area contributed by atoms with E-state index in [0.29, 0.717) is 12.8 Å². The van der Waals surface area contributed by atoms with Crippen molar-refractivity contribution >= 4 is 0 Å². The Labute approximate surface area is 101 Å². The predicted octanol–water partition coefficient (Wildman–Crippen LogP) is 1.64. The zero-order chi connectivity index (χ0) is 12.3. The molecule has 0 saturated carbocycles. The van der Waals surface area contributed by atoms with E-state index >= 15 is 0 Å². The van der Waals surface area contributed by atoms with Crippen molar-refractivity contribution in [1.82, 2.24) is 4.90 Å². The fourth-order valence-electron chi connectivity index (χ4n) is 2.07. The molecule has 4 heteroatoms. The van der Waals surface area contributed by atoms with E-state index in [1.54, 1.807) is 12.1 Å². The summed E-state index contributed by atoms with van der Waals surface area (Å²) in [6.45, 7) is 2.44. The molecule has 0 bridgehead atoms. The van der Waals surface area contributed by atoms with Crippen molar-refractivity contribution in [2.75, 3.05) is 13.1 Å². The molecule has 1 aromatic rings. The zero-order valence-electron chi connectivity index (χ0n) is 9.69. The minimum atomic E-state index is -0.653. The number of hydrogen-bond donors (Lipinski definition) is 1. The van der Waals surface area contributed by atoms with Crippen LogP contribution < -0.4 is 5.73 Å². The molecule has 2 N–H and O–H groups in total. The number of nitrogens with two attached hydrogens (primary N) is 1. The van der Waals surface area contributed by atoms with Crippen LogP contribution in [0.4, 0.5) is 4.39 Å². The molecular weight excluding hydrogens is 217 g/mol. The molecule has 17 heavy (non-hydrogen) atoms. The second-order valence-electron chi connectivity index (χ2n) is 4.67. The van der Waals surface area contributed by atoms with Crippen molar-refractivity contribution in [1.29, 1.82) is 5.26 Å². The highest BCUT2D eigenvalue weighted by atomic mass is 19.1. The third kappa shape index (κ3) is 3.02. The van der Waals surface area contributed by atoms with Crippen LogP contribution in [0.25, 0.3) is 0 Å². The first kappa shape index (κ1) is 12.0. The molecule has 0 aliphatic carbocycles. The number of halogens is 1. The maximum Gasteiger partial charge on any atom is 0.123 e. The molecule has 1 aliphatic rings. The molecule has 1 aromatic carbocycles. The van der Waals surface area contributed by atoms with Crippen LogP contribution in [-0.2, 0) is 6.54 Å². The minimum absolute atomic E-state index is 0.210. The van der Waals surface area contributed by atoms with Gasteiger partial charge in [0.2, 0.25) is 0 Å². The molecule has 2 rings (SSSR count). The van der Waals surface area contributed by atoms with E-state index in [4.69, 9.17) is 11.0 Å². The van der Waals surface area contributed by atoms with Crippen LogP contribution in [0.2, 0.25) is 0 Å². The van der Waals surface area contributed by atoms with Crippen molar-refractivity contribution in [3.63, 3.8) is 0 Å². The number of rotatable bonds is 2. The molecular formula is C13H16FN3. The Balaban J connectivity index is 1.90. The molecule has 1 saturated heterocycles. The Hall–Kier alpha value is -1.44. The second kappa shape index (κ2) is 4.82. The lowest BCUT2D eigenvalue weighted by Crippen LogP contribution is -2.49. The van der Waals surface area contributed by atoms with Gasteiger partial charge >= 0.3 is 0 Å². The van der Waals surface area contributed by atoms with Crippen LogP contribution in [0.1, 0.15) is 18.4 Å². The van der Waals surface area contributed by atoms with Gasteiger partial charge in [0.05, 0.1) is 6.07 Å². The molecule has 0 unspecified atom stereocenters. The van der Waals surface area contributed by atoms with Gasteiger partial charge in [-0.2, -0.15) is 5.26 Å². The summed E-state index contributed by atoms with van der Waals surface area (Å²) in [5.41, 5.74) is 6.33. The lowest BCUT2D eigenvalue weighted by atomic mass is 9.90. The van der Waals surface area contributed by atoms with E-state index in [1.807, 2.05) is 0 Å². The van der Waals surface area contributed by atoms with Crippen LogP contribution in [-0.4, -0.2) is 23.5 Å². The summed E-state index contributed by atoms with van der Waals surface area (Å²) in [4.78, 5) is 2.25. The Kier molecular flexibility index (Phi) is 3.41. The molecule has 0 radical (unpaired) electrons. The van der Waals surface area contributed by atoms with Crippen LogP contribution in [0.3, 0.4) is 0 Å². The summed E-state index contributed by atoms with van der Waals surface area (Å²) in [7, 11) is 0. The quantitative estimate of drug-likeness (QED) is 0.845. The van der Waals surface area contributed by atoms with Gasteiger partial charge in [0.25, 0.3) is 0 Å². The fraction of sp³-hybridized carbons (Fsp3) is 0.462. The predicted molar refractivity (Wildman–Crippen MR) is 63.4 cm³/mol.